The Kier molecular flexibility index (Phi) is 4.99. The number of allylic oxidation sites excluding steroid dienone is 2. The second-order valence-corrected chi connectivity index (χ2v) is 9.16. The van der Waals surface area contributed by atoms with E-state index in [4.69, 9.17) is 16.3 Å². The van der Waals surface area contributed by atoms with Crippen LogP contribution >= 0.6 is 27.5 Å². The minimum atomic E-state index is -0.248. The molecule has 2 aromatic rings. The Balaban J connectivity index is 1.26. The highest BCUT2D eigenvalue weighted by Crippen LogP contribution is 2.52. The highest BCUT2D eigenvalue weighted by atomic mass is 79.9. The van der Waals surface area contributed by atoms with E-state index in [1.807, 2.05) is 24.3 Å². The van der Waals surface area contributed by atoms with Gasteiger partial charge in [0, 0.05) is 4.47 Å². The molecule has 2 amide bonds. The van der Waals surface area contributed by atoms with Gasteiger partial charge in [-0.05, 0) is 59.7 Å². The highest BCUT2D eigenvalue weighted by molar-refractivity contribution is 9.10. The third kappa shape index (κ3) is 3.38. The van der Waals surface area contributed by atoms with E-state index >= 15 is 0 Å². The number of rotatable bonds is 5. The zero-order valence-corrected chi connectivity index (χ0v) is 18.2. The van der Waals surface area contributed by atoms with Gasteiger partial charge in [0.2, 0.25) is 0 Å². The van der Waals surface area contributed by atoms with Crippen LogP contribution in [-0.4, -0.2) is 23.0 Å². The number of fused-ring (bicyclic) bond motifs is 5. The van der Waals surface area contributed by atoms with Gasteiger partial charge in [0.05, 0.1) is 23.1 Å². The van der Waals surface area contributed by atoms with Crippen LogP contribution in [0.5, 0.6) is 5.75 Å². The maximum atomic E-state index is 12.7. The van der Waals surface area contributed by atoms with E-state index in [0.29, 0.717) is 22.9 Å². The molecule has 1 saturated heterocycles. The summed E-state index contributed by atoms with van der Waals surface area (Å²) >= 11 is 9.76. The molecule has 1 heterocycles. The molecule has 2 bridgehead atoms. The molecular formula is C23H18BrClN2O3. The molecule has 2 aromatic carbocycles. The average molecular weight is 486 g/mol. The minimum Gasteiger partial charge on any atom is -0.487 e. The number of amides is 2. The lowest BCUT2D eigenvalue weighted by molar-refractivity contribution is -0.140. The predicted molar refractivity (Wildman–Crippen MR) is 117 cm³/mol. The second kappa shape index (κ2) is 7.67. The summed E-state index contributed by atoms with van der Waals surface area (Å²) < 4.78 is 6.80. The van der Waals surface area contributed by atoms with Crippen LogP contribution < -0.4 is 4.74 Å². The fourth-order valence-electron chi connectivity index (χ4n) is 4.58. The molecule has 0 spiro atoms. The number of hydrazone groups is 1. The lowest BCUT2D eigenvalue weighted by Gasteiger charge is -2.13. The first kappa shape index (κ1) is 19.5. The average Bonchev–Trinajstić information content (AvgIpc) is 3.41. The summed E-state index contributed by atoms with van der Waals surface area (Å²) in [6, 6.07) is 13.1. The molecule has 2 fully saturated rings. The molecule has 2 aliphatic carbocycles. The Morgan fingerprint density at radius 1 is 1.07 bits per heavy atom. The largest absolute Gasteiger partial charge is 0.487 e. The maximum absolute atomic E-state index is 12.7. The summed E-state index contributed by atoms with van der Waals surface area (Å²) in [7, 11) is 0. The zero-order valence-electron chi connectivity index (χ0n) is 15.9. The van der Waals surface area contributed by atoms with Crippen molar-refractivity contribution in [3.05, 3.63) is 75.2 Å². The number of hydrogen-bond donors (Lipinski definition) is 0. The van der Waals surface area contributed by atoms with Gasteiger partial charge in [-0.25, -0.2) is 0 Å². The Hall–Kier alpha value is -2.44. The quantitative estimate of drug-likeness (QED) is 0.346. The van der Waals surface area contributed by atoms with Crippen molar-refractivity contribution >= 4 is 45.6 Å². The SMILES string of the molecule is O=C1[C@@H]2[C@H](C(=O)N1N=Cc1ccc(OCc3ccc(Br)cc3)c(Cl)c1)[C@H]1C=C[C@H]2C1. The Labute approximate surface area is 187 Å². The smallest absolute Gasteiger partial charge is 0.254 e. The van der Waals surface area contributed by atoms with Crippen molar-refractivity contribution in [1.82, 2.24) is 5.01 Å². The number of carbonyl (C=O) groups is 2. The number of benzene rings is 2. The summed E-state index contributed by atoms with van der Waals surface area (Å²) in [6.07, 6.45) is 6.53. The summed E-state index contributed by atoms with van der Waals surface area (Å²) in [6.45, 7) is 0.399. The standard InChI is InChI=1S/C23H18BrClN2O3/c24-17-6-1-13(2-7-17)12-30-19-8-3-14(9-18(19)25)11-26-27-22(28)20-15-4-5-16(10-15)21(20)23(27)29/h1-9,11,15-16,20-21H,10,12H2/t15-,16-,20-,21+/m0/s1. The highest BCUT2D eigenvalue weighted by Gasteiger charge is 2.59. The van der Waals surface area contributed by atoms with Gasteiger partial charge in [0.25, 0.3) is 11.8 Å². The van der Waals surface area contributed by atoms with Crippen molar-refractivity contribution in [2.45, 2.75) is 13.0 Å². The van der Waals surface area contributed by atoms with Crippen LogP contribution in [0.1, 0.15) is 17.5 Å². The van der Waals surface area contributed by atoms with Gasteiger partial charge in [-0.3, -0.25) is 9.59 Å². The number of ether oxygens (including phenoxy) is 1. The molecule has 7 heteroatoms. The summed E-state index contributed by atoms with van der Waals surface area (Å²) in [5, 5.41) is 5.66. The van der Waals surface area contributed by atoms with E-state index in [1.165, 1.54) is 6.21 Å². The van der Waals surface area contributed by atoms with Crippen molar-refractivity contribution in [3.8, 4) is 5.75 Å². The number of nitrogens with zero attached hydrogens (tertiary/aromatic N) is 2. The van der Waals surface area contributed by atoms with Crippen LogP contribution in [-0.2, 0) is 16.2 Å². The molecule has 1 saturated carbocycles. The number of hydrogen-bond acceptors (Lipinski definition) is 4. The van der Waals surface area contributed by atoms with Gasteiger partial charge < -0.3 is 4.74 Å². The minimum absolute atomic E-state index is 0.174. The van der Waals surface area contributed by atoms with Crippen LogP contribution in [0.15, 0.2) is 64.2 Å². The fourth-order valence-corrected chi connectivity index (χ4v) is 5.09. The van der Waals surface area contributed by atoms with Crippen LogP contribution in [0, 0.1) is 23.7 Å². The van der Waals surface area contributed by atoms with Gasteiger partial charge in [-0.2, -0.15) is 10.1 Å². The Morgan fingerprint density at radius 3 is 2.37 bits per heavy atom. The van der Waals surface area contributed by atoms with Gasteiger partial charge in [-0.15, -0.1) is 0 Å². The second-order valence-electron chi connectivity index (χ2n) is 7.84. The van der Waals surface area contributed by atoms with Crippen molar-refractivity contribution in [1.29, 1.82) is 0 Å². The summed E-state index contributed by atoms with van der Waals surface area (Å²) in [5.41, 5.74) is 1.72. The van der Waals surface area contributed by atoms with Crippen molar-refractivity contribution in [2.75, 3.05) is 0 Å². The van der Waals surface area contributed by atoms with Crippen LogP contribution in [0.3, 0.4) is 0 Å². The molecule has 0 N–H and O–H groups in total. The maximum Gasteiger partial charge on any atom is 0.254 e. The summed E-state index contributed by atoms with van der Waals surface area (Å²) in [4.78, 5) is 25.4. The van der Waals surface area contributed by atoms with Crippen LogP contribution in [0.25, 0.3) is 0 Å². The van der Waals surface area contributed by atoms with Gasteiger partial charge in [-0.1, -0.05) is 51.8 Å². The first-order valence-electron chi connectivity index (χ1n) is 9.78. The molecule has 30 heavy (non-hydrogen) atoms. The van der Waals surface area contributed by atoms with Crippen LogP contribution in [0.2, 0.25) is 5.02 Å². The van der Waals surface area contributed by atoms with Gasteiger partial charge >= 0.3 is 0 Å². The van der Waals surface area contributed by atoms with E-state index in [1.54, 1.807) is 18.2 Å². The lowest BCUT2D eigenvalue weighted by atomic mass is 9.85. The Bertz CT molecular complexity index is 1050. The normalized spacial score (nSPS) is 26.8. The molecule has 0 unspecified atom stereocenters. The van der Waals surface area contributed by atoms with Crippen molar-refractivity contribution in [3.63, 3.8) is 0 Å². The number of imide groups is 1. The first-order valence-corrected chi connectivity index (χ1v) is 11.0. The van der Waals surface area contributed by atoms with Gasteiger partial charge in [0.15, 0.2) is 0 Å². The van der Waals surface area contributed by atoms with E-state index in [2.05, 4.69) is 33.2 Å². The molecule has 1 aliphatic heterocycles. The molecule has 152 valence electrons. The molecule has 4 atom stereocenters. The molecule has 0 aromatic heterocycles. The molecule has 5 rings (SSSR count). The topological polar surface area (TPSA) is 59.0 Å². The molecule has 3 aliphatic rings. The van der Waals surface area contributed by atoms with Gasteiger partial charge in [0.1, 0.15) is 12.4 Å². The Morgan fingerprint density at radius 2 is 1.73 bits per heavy atom. The monoisotopic (exact) mass is 484 g/mol. The van der Waals surface area contributed by atoms with E-state index in [0.717, 1.165) is 21.5 Å². The number of halogens is 2. The third-order valence-corrected chi connectivity index (χ3v) is 6.86. The van der Waals surface area contributed by atoms with Crippen LogP contribution in [0.4, 0.5) is 0 Å². The number of carbonyl (C=O) groups excluding carboxylic acids is 2. The molecule has 0 radical (unpaired) electrons. The van der Waals surface area contributed by atoms with Crippen molar-refractivity contribution < 1.29 is 14.3 Å². The fraction of sp³-hybridized carbons (Fsp3) is 0.261. The first-order chi connectivity index (χ1) is 14.5. The van der Waals surface area contributed by atoms with E-state index in [9.17, 15) is 9.59 Å². The van der Waals surface area contributed by atoms with Crippen molar-refractivity contribution in [2.24, 2.45) is 28.8 Å². The molecule has 5 nitrogen and oxygen atoms in total. The van der Waals surface area contributed by atoms with E-state index in [-0.39, 0.29) is 35.5 Å². The predicted octanol–water partition coefficient (Wildman–Crippen LogP) is 4.82. The zero-order chi connectivity index (χ0) is 20.8. The third-order valence-electron chi connectivity index (χ3n) is 6.03. The lowest BCUT2D eigenvalue weighted by Crippen LogP contribution is -2.28. The van der Waals surface area contributed by atoms with E-state index < -0.39 is 0 Å². The molecular weight excluding hydrogens is 468 g/mol. The summed E-state index contributed by atoms with van der Waals surface area (Å²) in [5.74, 6) is 0.0197.